The first kappa shape index (κ1) is 24.4. The van der Waals surface area contributed by atoms with Gasteiger partial charge in [0.15, 0.2) is 0 Å². The molecule has 0 aliphatic heterocycles. The highest BCUT2D eigenvalue weighted by Crippen LogP contribution is 2.26. The molecule has 1 fully saturated rings. The largest absolute Gasteiger partial charge is 0.348 e. The van der Waals surface area contributed by atoms with Gasteiger partial charge in [-0.1, -0.05) is 31.4 Å². The van der Waals surface area contributed by atoms with E-state index in [1.165, 1.54) is 47.8 Å². The molecule has 1 amide bonds. The van der Waals surface area contributed by atoms with Crippen LogP contribution in [0.2, 0.25) is 0 Å². The van der Waals surface area contributed by atoms with Crippen LogP contribution in [0.5, 0.6) is 0 Å². The second-order valence-electron chi connectivity index (χ2n) is 7.88. The van der Waals surface area contributed by atoms with Crippen molar-refractivity contribution in [3.05, 3.63) is 59.7 Å². The summed E-state index contributed by atoms with van der Waals surface area (Å²) in [5.74, 6) is -0.378. The normalized spacial score (nSPS) is 15.6. The molecule has 3 rings (SSSR count). The molecule has 0 spiro atoms. The predicted molar refractivity (Wildman–Crippen MR) is 122 cm³/mol. The SMILES string of the molecule is CNS(=O)(=O)c1cccc(CNC(=O)c2ccc(S(=O)(=O)N(C)C3CCCCC3)cc2)c1. The van der Waals surface area contributed by atoms with E-state index < -0.39 is 20.0 Å². The van der Waals surface area contributed by atoms with Crippen LogP contribution in [-0.2, 0) is 26.6 Å². The van der Waals surface area contributed by atoms with Gasteiger partial charge in [0.25, 0.3) is 5.91 Å². The van der Waals surface area contributed by atoms with Crippen molar-refractivity contribution in [1.82, 2.24) is 14.3 Å². The highest BCUT2D eigenvalue weighted by atomic mass is 32.2. The molecule has 8 nitrogen and oxygen atoms in total. The predicted octanol–water partition coefficient (Wildman–Crippen LogP) is 2.48. The van der Waals surface area contributed by atoms with Crippen molar-refractivity contribution in [2.24, 2.45) is 0 Å². The summed E-state index contributed by atoms with van der Waals surface area (Å²) in [4.78, 5) is 12.8. The van der Waals surface area contributed by atoms with E-state index in [4.69, 9.17) is 0 Å². The van der Waals surface area contributed by atoms with Crippen molar-refractivity contribution in [2.75, 3.05) is 14.1 Å². The third-order valence-corrected chi connectivity index (χ3v) is 9.15. The standard InChI is InChI=1S/C22H29N3O5S2/c1-23-31(27,28)21-10-6-7-17(15-21)16-24-22(26)18-11-13-20(14-12-18)32(29,30)25(2)19-8-4-3-5-9-19/h6-7,10-15,19,23H,3-5,8-9,16H2,1-2H3,(H,24,26). The Kier molecular flexibility index (Phi) is 7.71. The number of sulfonamides is 2. The zero-order valence-corrected chi connectivity index (χ0v) is 19.9. The average Bonchev–Trinajstić information content (AvgIpc) is 2.82. The molecule has 1 saturated carbocycles. The molecule has 0 radical (unpaired) electrons. The highest BCUT2D eigenvalue weighted by Gasteiger charge is 2.29. The van der Waals surface area contributed by atoms with Crippen LogP contribution < -0.4 is 10.0 Å². The maximum absolute atomic E-state index is 12.9. The van der Waals surface area contributed by atoms with Crippen LogP contribution in [0.25, 0.3) is 0 Å². The smallest absolute Gasteiger partial charge is 0.251 e. The van der Waals surface area contributed by atoms with Gasteiger partial charge in [-0.15, -0.1) is 0 Å². The summed E-state index contributed by atoms with van der Waals surface area (Å²) in [6.07, 6.45) is 4.95. The number of hydrogen-bond donors (Lipinski definition) is 2. The maximum Gasteiger partial charge on any atom is 0.251 e. The Morgan fingerprint density at radius 1 is 0.969 bits per heavy atom. The number of hydrogen-bond acceptors (Lipinski definition) is 5. The van der Waals surface area contributed by atoms with E-state index in [1.807, 2.05) is 0 Å². The van der Waals surface area contributed by atoms with Gasteiger partial charge in [-0.2, -0.15) is 4.31 Å². The zero-order chi connectivity index (χ0) is 23.4. The van der Waals surface area contributed by atoms with Gasteiger partial charge in [0.05, 0.1) is 9.79 Å². The Bertz CT molecular complexity index is 1160. The first-order chi connectivity index (χ1) is 15.1. The van der Waals surface area contributed by atoms with Gasteiger partial charge in [-0.3, -0.25) is 4.79 Å². The molecule has 2 aromatic carbocycles. The lowest BCUT2D eigenvalue weighted by atomic mass is 9.96. The van der Waals surface area contributed by atoms with Gasteiger partial charge >= 0.3 is 0 Å². The van der Waals surface area contributed by atoms with E-state index in [-0.39, 0.29) is 28.3 Å². The topological polar surface area (TPSA) is 113 Å². The molecule has 10 heteroatoms. The maximum atomic E-state index is 12.9. The molecule has 0 heterocycles. The molecule has 0 unspecified atom stereocenters. The number of nitrogens with zero attached hydrogens (tertiary/aromatic N) is 1. The number of nitrogens with one attached hydrogen (secondary N) is 2. The minimum Gasteiger partial charge on any atom is -0.348 e. The molecular formula is C22H29N3O5S2. The summed E-state index contributed by atoms with van der Waals surface area (Å²) in [5.41, 5.74) is 0.950. The molecule has 0 atom stereocenters. The minimum absolute atomic E-state index is 0.0132. The van der Waals surface area contributed by atoms with E-state index in [2.05, 4.69) is 10.0 Å². The van der Waals surface area contributed by atoms with Crippen LogP contribution in [0.1, 0.15) is 48.0 Å². The van der Waals surface area contributed by atoms with Crippen LogP contribution in [-0.4, -0.2) is 47.2 Å². The third-order valence-electron chi connectivity index (χ3n) is 5.81. The molecule has 2 aromatic rings. The fourth-order valence-corrected chi connectivity index (χ4v) is 6.03. The lowest BCUT2D eigenvalue weighted by Crippen LogP contribution is -2.38. The summed E-state index contributed by atoms with van der Waals surface area (Å²) in [6, 6.07) is 12.2. The molecule has 1 aliphatic carbocycles. The van der Waals surface area contributed by atoms with Crippen molar-refractivity contribution in [3.63, 3.8) is 0 Å². The number of amides is 1. The van der Waals surface area contributed by atoms with Gasteiger partial charge in [0, 0.05) is 25.2 Å². The number of carbonyl (C=O) groups excluding carboxylic acids is 1. The second-order valence-corrected chi connectivity index (χ2v) is 11.8. The van der Waals surface area contributed by atoms with Crippen LogP contribution in [0, 0.1) is 0 Å². The van der Waals surface area contributed by atoms with Crippen molar-refractivity contribution in [2.45, 2.75) is 54.5 Å². The van der Waals surface area contributed by atoms with Crippen LogP contribution in [0.15, 0.2) is 58.3 Å². The van der Waals surface area contributed by atoms with E-state index in [0.717, 1.165) is 32.1 Å². The van der Waals surface area contributed by atoms with Crippen molar-refractivity contribution >= 4 is 26.0 Å². The fraction of sp³-hybridized carbons (Fsp3) is 0.409. The Hall–Kier alpha value is -2.27. The van der Waals surface area contributed by atoms with Crippen molar-refractivity contribution in [3.8, 4) is 0 Å². The second kappa shape index (κ2) is 10.1. The summed E-state index contributed by atoms with van der Waals surface area (Å²) < 4.78 is 53.4. The molecule has 0 saturated heterocycles. The molecular weight excluding hydrogens is 450 g/mol. The molecule has 174 valence electrons. The zero-order valence-electron chi connectivity index (χ0n) is 18.2. The van der Waals surface area contributed by atoms with Crippen LogP contribution >= 0.6 is 0 Å². The van der Waals surface area contributed by atoms with Gasteiger partial charge in [0.2, 0.25) is 20.0 Å². The summed E-state index contributed by atoms with van der Waals surface area (Å²) in [7, 11) is -4.23. The number of rotatable bonds is 8. The van der Waals surface area contributed by atoms with Gasteiger partial charge in [-0.05, 0) is 61.9 Å². The minimum atomic E-state index is -3.62. The monoisotopic (exact) mass is 479 g/mol. The molecule has 0 aromatic heterocycles. The molecule has 0 bridgehead atoms. The average molecular weight is 480 g/mol. The molecule has 1 aliphatic rings. The first-order valence-electron chi connectivity index (χ1n) is 10.5. The lowest BCUT2D eigenvalue weighted by Gasteiger charge is -2.30. The Morgan fingerprint density at radius 2 is 1.62 bits per heavy atom. The number of benzene rings is 2. The first-order valence-corrected chi connectivity index (χ1v) is 13.5. The Morgan fingerprint density at radius 3 is 2.25 bits per heavy atom. The molecule has 32 heavy (non-hydrogen) atoms. The Labute approximate surface area is 190 Å². The lowest BCUT2D eigenvalue weighted by molar-refractivity contribution is 0.0950. The summed E-state index contributed by atoms with van der Waals surface area (Å²) >= 11 is 0. The van der Waals surface area contributed by atoms with Gasteiger partial charge in [-0.25, -0.2) is 21.6 Å². The fourth-order valence-electron chi connectivity index (χ4n) is 3.81. The van der Waals surface area contributed by atoms with E-state index in [1.54, 1.807) is 19.2 Å². The van der Waals surface area contributed by atoms with E-state index >= 15 is 0 Å². The van der Waals surface area contributed by atoms with Crippen molar-refractivity contribution in [1.29, 1.82) is 0 Å². The summed E-state index contributed by atoms with van der Waals surface area (Å²) in [6.45, 7) is 0.135. The van der Waals surface area contributed by atoms with Gasteiger partial charge < -0.3 is 5.32 Å². The quantitative estimate of drug-likeness (QED) is 0.604. The number of carbonyl (C=O) groups is 1. The highest BCUT2D eigenvalue weighted by molar-refractivity contribution is 7.89. The van der Waals surface area contributed by atoms with Crippen molar-refractivity contribution < 1.29 is 21.6 Å². The van der Waals surface area contributed by atoms with E-state index in [9.17, 15) is 21.6 Å². The molecule has 2 N–H and O–H groups in total. The van der Waals surface area contributed by atoms with Crippen LogP contribution in [0.3, 0.4) is 0 Å². The Balaban J connectivity index is 1.66. The van der Waals surface area contributed by atoms with Gasteiger partial charge in [0.1, 0.15) is 0 Å². The third kappa shape index (κ3) is 5.55. The summed E-state index contributed by atoms with van der Waals surface area (Å²) in [5, 5.41) is 2.73. The van der Waals surface area contributed by atoms with E-state index in [0.29, 0.717) is 11.1 Å². The van der Waals surface area contributed by atoms with Crippen LogP contribution in [0.4, 0.5) is 0 Å².